The molecule has 0 fully saturated rings. The number of carboxylic acid groups (broad SMARTS) is 1. The number of amides is 1. The Bertz CT molecular complexity index is 965. The lowest BCUT2D eigenvalue weighted by Gasteiger charge is -2.14. The molecule has 2 N–H and O–H groups in total. The highest BCUT2D eigenvalue weighted by molar-refractivity contribution is 5.84. The van der Waals surface area contributed by atoms with Crippen molar-refractivity contribution >= 4 is 12.1 Å². The number of hydrogen-bond acceptors (Lipinski definition) is 5. The van der Waals surface area contributed by atoms with E-state index in [0.29, 0.717) is 0 Å². The van der Waals surface area contributed by atoms with Gasteiger partial charge in [-0.1, -0.05) is 48.5 Å². The molecule has 1 aliphatic rings. The van der Waals surface area contributed by atoms with Gasteiger partial charge in [0.25, 0.3) is 0 Å². The third kappa shape index (κ3) is 3.27. The zero-order chi connectivity index (χ0) is 18.8. The van der Waals surface area contributed by atoms with Crippen LogP contribution in [0, 0.1) is 0 Å². The topological polar surface area (TPSA) is 102 Å². The van der Waals surface area contributed by atoms with Crippen molar-refractivity contribution in [2.45, 2.75) is 12.5 Å². The lowest BCUT2D eigenvalue weighted by atomic mass is 9.98. The maximum Gasteiger partial charge on any atom is 0.407 e. The summed E-state index contributed by atoms with van der Waals surface area (Å²) in [5.41, 5.74) is 4.36. The van der Waals surface area contributed by atoms with E-state index in [-0.39, 0.29) is 30.7 Å². The highest BCUT2D eigenvalue weighted by Crippen LogP contribution is 2.44. The minimum Gasteiger partial charge on any atom is -0.476 e. The average Bonchev–Trinajstić information content (AvgIpc) is 3.28. The second-order valence-corrected chi connectivity index (χ2v) is 6.11. The smallest absolute Gasteiger partial charge is 0.407 e. The predicted molar refractivity (Wildman–Crippen MR) is 95.4 cm³/mol. The van der Waals surface area contributed by atoms with E-state index < -0.39 is 12.1 Å². The second kappa shape index (κ2) is 6.95. The van der Waals surface area contributed by atoms with Crippen molar-refractivity contribution in [3.8, 4) is 11.1 Å². The van der Waals surface area contributed by atoms with Crippen LogP contribution in [0.5, 0.6) is 0 Å². The molecule has 2 aromatic carbocycles. The van der Waals surface area contributed by atoms with Crippen molar-refractivity contribution in [2.24, 2.45) is 0 Å². The molecule has 1 aromatic heterocycles. The van der Waals surface area contributed by atoms with Gasteiger partial charge < -0.3 is 19.6 Å². The van der Waals surface area contributed by atoms with Crippen LogP contribution in [-0.2, 0) is 11.3 Å². The number of nitrogens with one attached hydrogen (secondary N) is 1. The molecule has 0 spiro atoms. The van der Waals surface area contributed by atoms with E-state index in [9.17, 15) is 9.59 Å². The summed E-state index contributed by atoms with van der Waals surface area (Å²) in [6.45, 7) is 0.149. The van der Waals surface area contributed by atoms with E-state index in [1.165, 1.54) is 0 Å². The van der Waals surface area contributed by atoms with Gasteiger partial charge in [-0.3, -0.25) is 0 Å². The number of carboxylic acids is 1. The first kappa shape index (κ1) is 16.8. The minimum atomic E-state index is -1.19. The molecule has 0 atom stereocenters. The number of ether oxygens (including phenoxy) is 1. The number of rotatable bonds is 5. The number of nitrogens with zero attached hydrogens (tertiary/aromatic N) is 1. The molecule has 7 nitrogen and oxygen atoms in total. The number of carbonyl (C=O) groups is 2. The largest absolute Gasteiger partial charge is 0.476 e. The monoisotopic (exact) mass is 364 g/mol. The van der Waals surface area contributed by atoms with E-state index in [2.05, 4.69) is 22.4 Å². The van der Waals surface area contributed by atoms with Crippen LogP contribution in [0.15, 0.2) is 59.2 Å². The molecule has 0 saturated heterocycles. The Morgan fingerprint density at radius 3 is 2.30 bits per heavy atom. The number of fused-ring (bicyclic) bond motifs is 3. The summed E-state index contributed by atoms with van der Waals surface area (Å²) in [5, 5.41) is 11.3. The molecule has 1 amide bonds. The molecule has 27 heavy (non-hydrogen) atoms. The molecule has 0 unspecified atom stereocenters. The molecule has 136 valence electrons. The van der Waals surface area contributed by atoms with E-state index >= 15 is 0 Å². The van der Waals surface area contributed by atoms with Crippen molar-refractivity contribution in [1.29, 1.82) is 0 Å². The standard InChI is InChI=1S/C20H16N2O5/c23-19(24)17-11-26-18(22-17)9-21-20(25)27-10-16-14-7-3-1-5-12(14)13-6-2-4-8-15(13)16/h1-8,11,16H,9-10H2,(H,21,25)(H,23,24). The van der Waals surface area contributed by atoms with Crippen LogP contribution in [0.1, 0.15) is 33.4 Å². The van der Waals surface area contributed by atoms with Crippen LogP contribution in [0.2, 0.25) is 0 Å². The second-order valence-electron chi connectivity index (χ2n) is 6.11. The summed E-state index contributed by atoms with van der Waals surface area (Å²) in [6, 6.07) is 16.2. The molecule has 0 bridgehead atoms. The average molecular weight is 364 g/mol. The number of alkyl carbamates (subject to hydrolysis) is 1. The van der Waals surface area contributed by atoms with Crippen LogP contribution in [-0.4, -0.2) is 28.8 Å². The summed E-state index contributed by atoms with van der Waals surface area (Å²) < 4.78 is 10.4. The van der Waals surface area contributed by atoms with Crippen molar-refractivity contribution in [3.63, 3.8) is 0 Å². The van der Waals surface area contributed by atoms with Gasteiger partial charge in [0.2, 0.25) is 5.89 Å². The Morgan fingerprint density at radius 2 is 1.70 bits per heavy atom. The number of benzene rings is 2. The van der Waals surface area contributed by atoms with E-state index in [1.807, 2.05) is 36.4 Å². The zero-order valence-electron chi connectivity index (χ0n) is 14.2. The number of aromatic carboxylic acids is 1. The molecule has 1 aliphatic carbocycles. The van der Waals surface area contributed by atoms with Crippen LogP contribution < -0.4 is 5.32 Å². The third-order valence-electron chi connectivity index (χ3n) is 4.50. The van der Waals surface area contributed by atoms with Crippen molar-refractivity contribution in [2.75, 3.05) is 6.61 Å². The van der Waals surface area contributed by atoms with Gasteiger partial charge >= 0.3 is 12.1 Å². The third-order valence-corrected chi connectivity index (χ3v) is 4.50. The maximum absolute atomic E-state index is 12.0. The van der Waals surface area contributed by atoms with Gasteiger partial charge in [-0.25, -0.2) is 14.6 Å². The Labute approximate surface area is 154 Å². The van der Waals surface area contributed by atoms with Gasteiger partial charge in [0, 0.05) is 5.92 Å². The molecule has 0 saturated carbocycles. The fourth-order valence-electron chi connectivity index (χ4n) is 3.29. The number of oxazole rings is 1. The highest BCUT2D eigenvalue weighted by Gasteiger charge is 2.29. The predicted octanol–water partition coefficient (Wildman–Crippen LogP) is 3.41. The van der Waals surface area contributed by atoms with Crippen molar-refractivity contribution in [3.05, 3.63) is 77.5 Å². The Kier molecular flexibility index (Phi) is 4.33. The Balaban J connectivity index is 1.39. The molecular formula is C20H16N2O5. The molecule has 4 rings (SSSR count). The number of hydrogen-bond donors (Lipinski definition) is 2. The fourth-order valence-corrected chi connectivity index (χ4v) is 3.29. The van der Waals surface area contributed by atoms with E-state index in [4.69, 9.17) is 14.3 Å². The lowest BCUT2D eigenvalue weighted by Crippen LogP contribution is -2.25. The van der Waals surface area contributed by atoms with Crippen molar-refractivity contribution < 1.29 is 23.8 Å². The normalized spacial score (nSPS) is 12.3. The number of carbonyl (C=O) groups excluding carboxylic acids is 1. The van der Waals surface area contributed by atoms with E-state index in [1.54, 1.807) is 0 Å². The first-order valence-electron chi connectivity index (χ1n) is 8.40. The Hall–Kier alpha value is -3.61. The quantitative estimate of drug-likeness (QED) is 0.719. The zero-order valence-corrected chi connectivity index (χ0v) is 14.2. The Morgan fingerprint density at radius 1 is 1.07 bits per heavy atom. The van der Waals surface area contributed by atoms with Gasteiger partial charge in [0.05, 0.1) is 6.54 Å². The number of aromatic nitrogens is 1. The minimum absolute atomic E-state index is 0.0245. The van der Waals surface area contributed by atoms with Crippen LogP contribution >= 0.6 is 0 Å². The molecule has 0 aliphatic heterocycles. The summed E-state index contributed by atoms with van der Waals surface area (Å²) in [5.74, 6) is -1.12. The summed E-state index contributed by atoms with van der Waals surface area (Å²) in [4.78, 5) is 26.5. The molecule has 1 heterocycles. The van der Waals surface area contributed by atoms with Crippen molar-refractivity contribution in [1.82, 2.24) is 10.3 Å². The van der Waals surface area contributed by atoms with Crippen LogP contribution in [0.25, 0.3) is 11.1 Å². The maximum atomic E-state index is 12.0. The molecule has 0 radical (unpaired) electrons. The molecular weight excluding hydrogens is 348 g/mol. The van der Waals surface area contributed by atoms with Gasteiger partial charge in [0.15, 0.2) is 5.69 Å². The van der Waals surface area contributed by atoms with Gasteiger partial charge in [-0.05, 0) is 22.3 Å². The fraction of sp³-hybridized carbons (Fsp3) is 0.150. The first-order chi connectivity index (χ1) is 13.1. The first-order valence-corrected chi connectivity index (χ1v) is 8.40. The highest BCUT2D eigenvalue weighted by atomic mass is 16.5. The molecule has 3 aromatic rings. The van der Waals surface area contributed by atoms with Crippen LogP contribution in [0.3, 0.4) is 0 Å². The van der Waals surface area contributed by atoms with Gasteiger partial charge in [-0.15, -0.1) is 0 Å². The summed E-state index contributed by atoms with van der Waals surface area (Å²) in [6.07, 6.45) is 0.406. The summed E-state index contributed by atoms with van der Waals surface area (Å²) in [7, 11) is 0. The molecule has 7 heteroatoms. The summed E-state index contributed by atoms with van der Waals surface area (Å²) >= 11 is 0. The van der Waals surface area contributed by atoms with E-state index in [0.717, 1.165) is 28.5 Å². The van der Waals surface area contributed by atoms with Gasteiger partial charge in [0.1, 0.15) is 12.9 Å². The van der Waals surface area contributed by atoms with Crippen LogP contribution in [0.4, 0.5) is 4.79 Å². The lowest BCUT2D eigenvalue weighted by molar-refractivity contribution is 0.0690. The van der Waals surface area contributed by atoms with Gasteiger partial charge in [-0.2, -0.15) is 0 Å². The SMILES string of the molecule is O=C(NCc1nc(C(=O)O)co1)OCC1c2ccccc2-c2ccccc21.